The van der Waals surface area contributed by atoms with Crippen molar-refractivity contribution in [1.82, 2.24) is 10.3 Å². The number of nitrogens with one attached hydrogen (secondary N) is 2. The molecule has 1 heterocycles. The van der Waals surface area contributed by atoms with Crippen LogP contribution >= 0.6 is 0 Å². The van der Waals surface area contributed by atoms with E-state index in [1.54, 1.807) is 0 Å². The second kappa shape index (κ2) is 7.21. The van der Waals surface area contributed by atoms with Crippen molar-refractivity contribution in [3.63, 3.8) is 0 Å². The van der Waals surface area contributed by atoms with E-state index in [9.17, 15) is 9.59 Å². The number of amides is 1. The van der Waals surface area contributed by atoms with E-state index in [2.05, 4.69) is 21.6 Å². The molecule has 2 N–H and O–H groups in total. The smallest absolute Gasteiger partial charge is 0.353 e. The number of rotatable bonds is 6. The maximum absolute atomic E-state index is 12.7. The fraction of sp³-hybridized carbons (Fsp3) is 0.333. The number of hydrogen-bond acceptors (Lipinski definition) is 4. The minimum atomic E-state index is -0.652. The standard InChI is InChI=1S/C18H23N3O3/c1-11(2)16(17(22)20-12(3)18(23)24-5)21(4)15-8-6-7-14-13(15)9-10-19-14/h6-11,16,19H,3H2,1-2,4-5H3,(H,20,22). The average molecular weight is 329 g/mol. The molecular formula is C18H23N3O3. The van der Waals surface area contributed by atoms with E-state index in [0.717, 1.165) is 16.6 Å². The van der Waals surface area contributed by atoms with Crippen molar-refractivity contribution in [3.8, 4) is 0 Å². The van der Waals surface area contributed by atoms with Gasteiger partial charge in [0.25, 0.3) is 0 Å². The number of methoxy groups -OCH3 is 1. The molecule has 1 aromatic carbocycles. The second-order valence-corrected chi connectivity index (χ2v) is 5.98. The third-order valence-electron chi connectivity index (χ3n) is 3.98. The Kier molecular flexibility index (Phi) is 5.28. The van der Waals surface area contributed by atoms with Crippen molar-refractivity contribution in [2.45, 2.75) is 19.9 Å². The molecule has 0 aliphatic heterocycles. The lowest BCUT2D eigenvalue weighted by Gasteiger charge is -2.32. The number of anilines is 1. The van der Waals surface area contributed by atoms with Crippen molar-refractivity contribution in [3.05, 3.63) is 42.7 Å². The van der Waals surface area contributed by atoms with E-state index in [-0.39, 0.29) is 17.5 Å². The van der Waals surface area contributed by atoms with Crippen LogP contribution in [0.3, 0.4) is 0 Å². The number of aromatic nitrogens is 1. The topological polar surface area (TPSA) is 74.4 Å². The highest BCUT2D eigenvalue weighted by Gasteiger charge is 2.29. The van der Waals surface area contributed by atoms with Gasteiger partial charge in [-0.05, 0) is 24.1 Å². The van der Waals surface area contributed by atoms with Gasteiger partial charge in [-0.15, -0.1) is 0 Å². The Morgan fingerprint density at radius 2 is 2.00 bits per heavy atom. The first-order valence-electron chi connectivity index (χ1n) is 7.73. The molecule has 1 amide bonds. The summed E-state index contributed by atoms with van der Waals surface area (Å²) in [4.78, 5) is 29.2. The van der Waals surface area contributed by atoms with Crippen LogP contribution in [0.4, 0.5) is 5.69 Å². The van der Waals surface area contributed by atoms with Gasteiger partial charge in [0, 0.05) is 29.8 Å². The molecule has 6 nitrogen and oxygen atoms in total. The Hall–Kier alpha value is -2.76. The van der Waals surface area contributed by atoms with E-state index in [0.29, 0.717) is 0 Å². The van der Waals surface area contributed by atoms with Crippen molar-refractivity contribution >= 4 is 28.5 Å². The fourth-order valence-corrected chi connectivity index (χ4v) is 2.85. The molecule has 0 aliphatic rings. The molecule has 24 heavy (non-hydrogen) atoms. The number of nitrogens with zero attached hydrogens (tertiary/aromatic N) is 1. The summed E-state index contributed by atoms with van der Waals surface area (Å²) in [6, 6.07) is 7.40. The molecule has 128 valence electrons. The first-order valence-corrected chi connectivity index (χ1v) is 7.73. The van der Waals surface area contributed by atoms with Crippen LogP contribution in [0.5, 0.6) is 0 Å². The van der Waals surface area contributed by atoms with Gasteiger partial charge in [-0.2, -0.15) is 0 Å². The summed E-state index contributed by atoms with van der Waals surface area (Å²) < 4.78 is 4.57. The molecule has 2 rings (SSSR count). The average Bonchev–Trinajstić information content (AvgIpc) is 3.01. The van der Waals surface area contributed by atoms with E-state index in [4.69, 9.17) is 0 Å². The molecule has 1 unspecified atom stereocenters. The van der Waals surface area contributed by atoms with Gasteiger partial charge < -0.3 is 19.9 Å². The molecule has 0 fully saturated rings. The van der Waals surface area contributed by atoms with Crippen LogP contribution in [0, 0.1) is 5.92 Å². The zero-order chi connectivity index (χ0) is 17.9. The lowest BCUT2D eigenvalue weighted by atomic mass is 10.0. The molecule has 6 heteroatoms. The molecule has 0 spiro atoms. The molecule has 0 bridgehead atoms. The van der Waals surface area contributed by atoms with Crippen molar-refractivity contribution in [1.29, 1.82) is 0 Å². The SMILES string of the molecule is C=C(NC(=O)C(C(C)C)N(C)c1cccc2[nH]ccc12)C(=O)OC. The van der Waals surface area contributed by atoms with Gasteiger partial charge in [-0.25, -0.2) is 4.79 Å². The highest BCUT2D eigenvalue weighted by Crippen LogP contribution is 2.28. The first-order chi connectivity index (χ1) is 11.4. The number of benzene rings is 1. The zero-order valence-corrected chi connectivity index (χ0v) is 14.4. The molecule has 0 saturated carbocycles. The van der Waals surface area contributed by atoms with Crippen molar-refractivity contribution < 1.29 is 14.3 Å². The Balaban J connectivity index is 2.30. The maximum Gasteiger partial charge on any atom is 0.353 e. The van der Waals surface area contributed by atoms with Crippen LogP contribution < -0.4 is 10.2 Å². The van der Waals surface area contributed by atoms with Gasteiger partial charge in [-0.3, -0.25) is 4.79 Å². The van der Waals surface area contributed by atoms with Crippen LogP contribution in [0.1, 0.15) is 13.8 Å². The number of aromatic amines is 1. The molecule has 0 radical (unpaired) electrons. The number of likely N-dealkylation sites (N-methyl/N-ethyl adjacent to an activating group) is 1. The molecule has 1 atom stereocenters. The van der Waals surface area contributed by atoms with Gasteiger partial charge >= 0.3 is 5.97 Å². The predicted octanol–water partition coefficient (Wildman–Crippen LogP) is 2.43. The van der Waals surface area contributed by atoms with Gasteiger partial charge in [0.2, 0.25) is 5.91 Å². The monoisotopic (exact) mass is 329 g/mol. The van der Waals surface area contributed by atoms with Crippen LogP contribution in [0.25, 0.3) is 10.9 Å². The van der Waals surface area contributed by atoms with E-state index in [1.165, 1.54) is 7.11 Å². The Bertz CT molecular complexity index is 764. The maximum atomic E-state index is 12.7. The number of fused-ring (bicyclic) bond motifs is 1. The van der Waals surface area contributed by atoms with Crippen LogP contribution in [-0.4, -0.2) is 37.1 Å². The molecule has 1 aromatic heterocycles. The minimum Gasteiger partial charge on any atom is -0.464 e. The second-order valence-electron chi connectivity index (χ2n) is 5.98. The van der Waals surface area contributed by atoms with Crippen LogP contribution in [0.2, 0.25) is 0 Å². The number of ether oxygens (including phenoxy) is 1. The van der Waals surface area contributed by atoms with E-state index >= 15 is 0 Å². The van der Waals surface area contributed by atoms with Crippen molar-refractivity contribution in [2.24, 2.45) is 5.92 Å². The number of esters is 1. The van der Waals surface area contributed by atoms with E-state index < -0.39 is 12.0 Å². The Morgan fingerprint density at radius 3 is 2.62 bits per heavy atom. The molecule has 0 saturated heterocycles. The van der Waals surface area contributed by atoms with Crippen LogP contribution in [-0.2, 0) is 14.3 Å². The predicted molar refractivity (Wildman–Crippen MR) is 94.6 cm³/mol. The minimum absolute atomic E-state index is 0.0228. The van der Waals surface area contributed by atoms with Gasteiger partial charge in [0.15, 0.2) is 0 Å². The third kappa shape index (κ3) is 3.42. The van der Waals surface area contributed by atoms with Crippen molar-refractivity contribution in [2.75, 3.05) is 19.1 Å². The first kappa shape index (κ1) is 17.6. The third-order valence-corrected chi connectivity index (χ3v) is 3.98. The summed E-state index contributed by atoms with van der Waals surface area (Å²) in [6.45, 7) is 7.47. The lowest BCUT2D eigenvalue weighted by molar-refractivity contribution is -0.138. The zero-order valence-electron chi connectivity index (χ0n) is 14.4. The summed E-state index contributed by atoms with van der Waals surface area (Å²) in [5.74, 6) is -0.925. The summed E-state index contributed by atoms with van der Waals surface area (Å²) in [5, 5.41) is 3.58. The lowest BCUT2D eigenvalue weighted by Crippen LogP contribution is -2.49. The summed E-state index contributed by atoms with van der Waals surface area (Å²) in [7, 11) is 3.12. The van der Waals surface area contributed by atoms with E-state index in [1.807, 2.05) is 56.3 Å². The summed E-state index contributed by atoms with van der Waals surface area (Å²) >= 11 is 0. The highest BCUT2D eigenvalue weighted by molar-refractivity contribution is 5.98. The Labute approximate surface area is 141 Å². The fourth-order valence-electron chi connectivity index (χ4n) is 2.85. The summed E-state index contributed by atoms with van der Waals surface area (Å²) in [6.07, 6.45) is 1.87. The number of hydrogen-bond donors (Lipinski definition) is 2. The van der Waals surface area contributed by atoms with Crippen LogP contribution in [0.15, 0.2) is 42.7 Å². The largest absolute Gasteiger partial charge is 0.464 e. The molecular weight excluding hydrogens is 306 g/mol. The van der Waals surface area contributed by atoms with Gasteiger partial charge in [0.05, 0.1) is 7.11 Å². The quantitative estimate of drug-likeness (QED) is 0.630. The normalized spacial score (nSPS) is 12.0. The Morgan fingerprint density at radius 1 is 1.29 bits per heavy atom. The number of carbonyl (C=O) groups excluding carboxylic acids is 2. The number of carbonyl (C=O) groups is 2. The molecule has 2 aromatic rings. The highest BCUT2D eigenvalue weighted by atomic mass is 16.5. The van der Waals surface area contributed by atoms with Gasteiger partial charge in [0.1, 0.15) is 11.7 Å². The van der Waals surface area contributed by atoms with Gasteiger partial charge in [-0.1, -0.05) is 26.5 Å². The molecule has 0 aliphatic carbocycles. The summed E-state index contributed by atoms with van der Waals surface area (Å²) in [5.41, 5.74) is 1.87. The number of H-pyrrole nitrogens is 1.